The molecule has 0 aromatic heterocycles. The summed E-state index contributed by atoms with van der Waals surface area (Å²) in [4.78, 5) is 14.7. The highest BCUT2D eigenvalue weighted by molar-refractivity contribution is 5.79. The van der Waals surface area contributed by atoms with Crippen LogP contribution in [0, 0.1) is 17.7 Å². The first-order chi connectivity index (χ1) is 11.6. The number of rotatable bonds is 5. The number of amides is 1. The molecule has 1 saturated carbocycles. The van der Waals surface area contributed by atoms with Crippen LogP contribution >= 0.6 is 0 Å². The van der Waals surface area contributed by atoms with E-state index in [-0.39, 0.29) is 29.7 Å². The molecule has 132 valence electrons. The molecule has 2 fully saturated rings. The monoisotopic (exact) mass is 334 g/mol. The molecule has 0 bridgehead atoms. The molecule has 0 radical (unpaired) electrons. The Labute approximate surface area is 143 Å². The van der Waals surface area contributed by atoms with Gasteiger partial charge < -0.3 is 10.2 Å². The molecular formula is C18H27FN4O. The fourth-order valence-electron chi connectivity index (χ4n) is 3.98. The van der Waals surface area contributed by atoms with Crippen molar-refractivity contribution in [3.8, 4) is 0 Å². The van der Waals surface area contributed by atoms with E-state index in [0.717, 1.165) is 24.9 Å². The van der Waals surface area contributed by atoms with Crippen molar-refractivity contribution in [2.75, 3.05) is 27.2 Å². The minimum absolute atomic E-state index is 0.00840. The molecular weight excluding hydrogens is 307 g/mol. The highest BCUT2D eigenvalue weighted by atomic mass is 19.1. The van der Waals surface area contributed by atoms with Crippen LogP contribution in [0.1, 0.15) is 30.9 Å². The minimum Gasteiger partial charge on any atom is -0.354 e. The molecule has 0 spiro atoms. The highest BCUT2D eigenvalue weighted by Gasteiger charge is 2.40. The van der Waals surface area contributed by atoms with E-state index in [4.69, 9.17) is 0 Å². The molecule has 24 heavy (non-hydrogen) atoms. The molecule has 5 nitrogen and oxygen atoms in total. The Morgan fingerprint density at radius 2 is 2.25 bits per heavy atom. The van der Waals surface area contributed by atoms with E-state index in [0.29, 0.717) is 12.5 Å². The quantitative estimate of drug-likeness (QED) is 0.763. The van der Waals surface area contributed by atoms with E-state index >= 15 is 0 Å². The maximum absolute atomic E-state index is 13.5. The molecule has 4 unspecified atom stereocenters. The Kier molecular flexibility index (Phi) is 5.48. The molecule has 3 rings (SSSR count). The summed E-state index contributed by atoms with van der Waals surface area (Å²) >= 11 is 0. The smallest absolute Gasteiger partial charge is 0.224 e. The SMILES string of the molecule is CN(C)C(CNC(=O)C1CCCC2CNNC21)c1cccc(F)c1. The molecule has 1 aromatic rings. The lowest BCUT2D eigenvalue weighted by molar-refractivity contribution is -0.127. The van der Waals surface area contributed by atoms with Crippen molar-refractivity contribution in [2.24, 2.45) is 11.8 Å². The molecule has 1 aliphatic carbocycles. The van der Waals surface area contributed by atoms with Crippen LogP contribution in [0.15, 0.2) is 24.3 Å². The summed E-state index contributed by atoms with van der Waals surface area (Å²) in [6, 6.07) is 6.78. The summed E-state index contributed by atoms with van der Waals surface area (Å²) in [5.74, 6) is 0.405. The minimum atomic E-state index is -0.248. The zero-order chi connectivity index (χ0) is 17.1. The summed E-state index contributed by atoms with van der Waals surface area (Å²) in [6.07, 6.45) is 3.20. The maximum atomic E-state index is 13.5. The predicted octanol–water partition coefficient (Wildman–Crippen LogP) is 1.44. The number of hydrogen-bond acceptors (Lipinski definition) is 4. The molecule has 1 amide bonds. The zero-order valence-corrected chi connectivity index (χ0v) is 14.4. The predicted molar refractivity (Wildman–Crippen MR) is 91.6 cm³/mol. The molecule has 6 heteroatoms. The third kappa shape index (κ3) is 3.77. The second kappa shape index (κ2) is 7.59. The second-order valence-electron chi connectivity index (χ2n) is 7.13. The number of carbonyl (C=O) groups excluding carboxylic acids is 1. The van der Waals surface area contributed by atoms with Crippen LogP contribution in [0.2, 0.25) is 0 Å². The van der Waals surface area contributed by atoms with Crippen molar-refractivity contribution in [1.82, 2.24) is 21.1 Å². The largest absolute Gasteiger partial charge is 0.354 e. The number of hydrazine groups is 1. The Morgan fingerprint density at radius 1 is 1.42 bits per heavy atom. The van der Waals surface area contributed by atoms with Crippen LogP contribution in [-0.2, 0) is 4.79 Å². The van der Waals surface area contributed by atoms with Gasteiger partial charge in [0.2, 0.25) is 5.91 Å². The van der Waals surface area contributed by atoms with Gasteiger partial charge in [0.1, 0.15) is 5.82 Å². The van der Waals surface area contributed by atoms with Gasteiger partial charge in [-0.05, 0) is 50.6 Å². The number of halogens is 1. The normalized spacial score (nSPS) is 27.8. The summed E-state index contributed by atoms with van der Waals surface area (Å²) in [6.45, 7) is 1.43. The van der Waals surface area contributed by atoms with Crippen molar-refractivity contribution in [2.45, 2.75) is 31.3 Å². The van der Waals surface area contributed by atoms with Crippen molar-refractivity contribution in [3.05, 3.63) is 35.6 Å². The molecule has 1 heterocycles. The Hall–Kier alpha value is -1.50. The Bertz CT molecular complexity index is 580. The highest BCUT2D eigenvalue weighted by Crippen LogP contribution is 2.31. The number of nitrogens with zero attached hydrogens (tertiary/aromatic N) is 1. The Morgan fingerprint density at radius 3 is 3.00 bits per heavy atom. The zero-order valence-electron chi connectivity index (χ0n) is 14.4. The van der Waals surface area contributed by atoms with E-state index < -0.39 is 0 Å². The van der Waals surface area contributed by atoms with Crippen LogP contribution in [0.4, 0.5) is 4.39 Å². The van der Waals surface area contributed by atoms with Gasteiger partial charge in [-0.25, -0.2) is 4.39 Å². The van der Waals surface area contributed by atoms with Crippen LogP contribution in [-0.4, -0.2) is 44.0 Å². The number of benzene rings is 1. The van der Waals surface area contributed by atoms with E-state index in [1.54, 1.807) is 6.07 Å². The van der Waals surface area contributed by atoms with Crippen molar-refractivity contribution < 1.29 is 9.18 Å². The van der Waals surface area contributed by atoms with Crippen molar-refractivity contribution in [3.63, 3.8) is 0 Å². The van der Waals surface area contributed by atoms with E-state index in [2.05, 4.69) is 16.2 Å². The van der Waals surface area contributed by atoms with E-state index in [1.165, 1.54) is 18.6 Å². The van der Waals surface area contributed by atoms with Gasteiger partial charge in [-0.2, -0.15) is 0 Å². The molecule has 1 saturated heterocycles. The van der Waals surface area contributed by atoms with Crippen molar-refractivity contribution in [1.29, 1.82) is 0 Å². The second-order valence-corrected chi connectivity index (χ2v) is 7.13. The first-order valence-corrected chi connectivity index (χ1v) is 8.74. The summed E-state index contributed by atoms with van der Waals surface area (Å²) in [5, 5.41) is 3.09. The summed E-state index contributed by atoms with van der Waals surface area (Å²) in [7, 11) is 3.89. The molecule has 4 atom stereocenters. The van der Waals surface area contributed by atoms with Gasteiger partial charge in [-0.3, -0.25) is 15.6 Å². The lowest BCUT2D eigenvalue weighted by Crippen LogP contribution is -2.49. The third-order valence-corrected chi connectivity index (χ3v) is 5.33. The first-order valence-electron chi connectivity index (χ1n) is 8.74. The molecule has 1 aliphatic heterocycles. The van der Waals surface area contributed by atoms with Gasteiger partial charge in [0.05, 0.1) is 12.0 Å². The number of likely N-dealkylation sites (N-methyl/N-ethyl adjacent to an activating group) is 1. The number of fused-ring (bicyclic) bond motifs is 1. The average Bonchev–Trinajstić information content (AvgIpc) is 3.03. The van der Waals surface area contributed by atoms with Gasteiger partial charge in [0.15, 0.2) is 0 Å². The number of carbonyl (C=O) groups is 1. The topological polar surface area (TPSA) is 56.4 Å². The maximum Gasteiger partial charge on any atom is 0.224 e. The fraction of sp³-hybridized carbons (Fsp3) is 0.611. The standard InChI is InChI=1S/C18H27FN4O/c1-23(2)16(12-5-3-7-14(19)9-12)11-20-18(24)15-8-4-6-13-10-21-22-17(13)15/h3,5,7,9,13,15-17,21-22H,4,6,8,10-11H2,1-2H3,(H,20,24). The van der Waals surface area contributed by atoms with Gasteiger partial charge in [0, 0.05) is 19.1 Å². The van der Waals surface area contributed by atoms with Crippen LogP contribution in [0.25, 0.3) is 0 Å². The van der Waals surface area contributed by atoms with E-state index in [9.17, 15) is 9.18 Å². The van der Waals surface area contributed by atoms with Crippen molar-refractivity contribution >= 4 is 5.91 Å². The van der Waals surface area contributed by atoms with Gasteiger partial charge in [-0.1, -0.05) is 18.6 Å². The van der Waals surface area contributed by atoms with Crippen LogP contribution < -0.4 is 16.2 Å². The van der Waals surface area contributed by atoms with E-state index in [1.807, 2.05) is 25.1 Å². The lowest BCUT2D eigenvalue weighted by atomic mass is 9.77. The van der Waals surface area contributed by atoms with Crippen LogP contribution in [0.5, 0.6) is 0 Å². The third-order valence-electron chi connectivity index (χ3n) is 5.33. The van der Waals surface area contributed by atoms with Gasteiger partial charge in [0.25, 0.3) is 0 Å². The summed E-state index contributed by atoms with van der Waals surface area (Å²) < 4.78 is 13.5. The fourth-order valence-corrected chi connectivity index (χ4v) is 3.98. The average molecular weight is 334 g/mol. The van der Waals surface area contributed by atoms with Gasteiger partial charge in [-0.15, -0.1) is 0 Å². The molecule has 2 aliphatic rings. The van der Waals surface area contributed by atoms with Crippen LogP contribution in [0.3, 0.4) is 0 Å². The lowest BCUT2D eigenvalue weighted by Gasteiger charge is -2.33. The first kappa shape index (κ1) is 17.3. The number of hydrogen-bond donors (Lipinski definition) is 3. The summed E-state index contributed by atoms with van der Waals surface area (Å²) in [5.41, 5.74) is 7.33. The van der Waals surface area contributed by atoms with Gasteiger partial charge >= 0.3 is 0 Å². The number of nitrogens with one attached hydrogen (secondary N) is 3. The Balaban J connectivity index is 1.63. The molecule has 1 aromatic carbocycles. The molecule has 3 N–H and O–H groups in total.